The largest absolute Gasteiger partial charge is 0.496 e. The Morgan fingerprint density at radius 3 is 2.64 bits per heavy atom. The van der Waals surface area contributed by atoms with Crippen molar-refractivity contribution >= 4 is 5.69 Å². The van der Waals surface area contributed by atoms with E-state index in [9.17, 15) is 13.2 Å². The summed E-state index contributed by atoms with van der Waals surface area (Å²) in [5.41, 5.74) is 5.93. The number of hydrogen-bond donors (Lipinski definition) is 1. The normalized spacial score (nSPS) is 17.7. The number of methoxy groups -OCH3 is 1. The number of oxazole rings is 1. The Hall–Kier alpha value is -3.82. The summed E-state index contributed by atoms with van der Waals surface area (Å²) in [5.74, 6) is 3.01. The van der Waals surface area contributed by atoms with Crippen molar-refractivity contribution in [2.24, 2.45) is 0 Å². The number of hydrogen-bond acceptors (Lipinski definition) is 6. The number of aryl methyl sites for hydroxylation is 1. The Morgan fingerprint density at radius 2 is 1.97 bits per heavy atom. The van der Waals surface area contributed by atoms with E-state index >= 15 is 0 Å². The zero-order valence-electron chi connectivity index (χ0n) is 20.2. The summed E-state index contributed by atoms with van der Waals surface area (Å²) in [4.78, 5) is 4.15. The Bertz CT molecular complexity index is 1430. The number of nitrogens with two attached hydrogens (primary N) is 1. The third kappa shape index (κ3) is 3.81. The van der Waals surface area contributed by atoms with E-state index in [0.29, 0.717) is 54.0 Å². The van der Waals surface area contributed by atoms with E-state index in [0.717, 1.165) is 17.5 Å². The van der Waals surface area contributed by atoms with Gasteiger partial charge in [0.1, 0.15) is 11.6 Å². The van der Waals surface area contributed by atoms with Crippen LogP contribution in [0.15, 0.2) is 47.0 Å². The number of benzene rings is 2. The first kappa shape index (κ1) is 23.9. The van der Waals surface area contributed by atoms with E-state index in [1.165, 1.54) is 12.1 Å². The van der Waals surface area contributed by atoms with E-state index in [2.05, 4.69) is 15.2 Å². The molecule has 188 valence electrons. The average molecular weight is 498 g/mol. The maximum absolute atomic E-state index is 13.6. The number of anilines is 1. The van der Waals surface area contributed by atoms with E-state index in [4.69, 9.17) is 14.9 Å². The number of ether oxygens (including phenoxy) is 1. The minimum absolute atomic E-state index is 0.287. The van der Waals surface area contributed by atoms with Crippen molar-refractivity contribution in [2.45, 2.75) is 51.2 Å². The minimum Gasteiger partial charge on any atom is -0.496 e. The van der Waals surface area contributed by atoms with Crippen LogP contribution in [0.1, 0.15) is 49.0 Å². The molecule has 0 radical (unpaired) electrons. The van der Waals surface area contributed by atoms with E-state index in [-0.39, 0.29) is 5.69 Å². The minimum atomic E-state index is -4.54. The highest BCUT2D eigenvalue weighted by atomic mass is 19.4. The third-order valence-electron chi connectivity index (χ3n) is 7.03. The Labute approximate surface area is 206 Å². The fourth-order valence-corrected chi connectivity index (χ4v) is 5.16. The first-order valence-electron chi connectivity index (χ1n) is 11.7. The molecule has 2 aromatic carbocycles. The van der Waals surface area contributed by atoms with Crippen molar-refractivity contribution in [3.05, 3.63) is 65.4 Å². The molecule has 2 aromatic heterocycles. The van der Waals surface area contributed by atoms with Crippen LogP contribution < -0.4 is 10.5 Å². The third-order valence-corrected chi connectivity index (χ3v) is 7.03. The molecular weight excluding hydrogens is 471 g/mol. The van der Waals surface area contributed by atoms with Crippen LogP contribution in [-0.2, 0) is 18.1 Å². The number of nitrogens with zero attached hydrogens (tertiary/aromatic N) is 4. The van der Waals surface area contributed by atoms with Gasteiger partial charge < -0.3 is 19.5 Å². The molecule has 0 saturated heterocycles. The Kier molecular flexibility index (Phi) is 5.77. The second-order valence-electron chi connectivity index (χ2n) is 9.00. The number of rotatable bonds is 5. The molecule has 0 spiro atoms. The van der Waals surface area contributed by atoms with Gasteiger partial charge in [-0.15, -0.1) is 10.2 Å². The van der Waals surface area contributed by atoms with Gasteiger partial charge in [0.25, 0.3) is 0 Å². The molecule has 5 rings (SSSR count). The zero-order valence-corrected chi connectivity index (χ0v) is 20.2. The molecule has 36 heavy (non-hydrogen) atoms. The van der Waals surface area contributed by atoms with E-state index in [1.54, 1.807) is 26.3 Å². The van der Waals surface area contributed by atoms with Crippen LogP contribution in [-0.4, -0.2) is 26.9 Å². The predicted octanol–water partition coefficient (Wildman–Crippen LogP) is 6.01. The van der Waals surface area contributed by atoms with Crippen molar-refractivity contribution in [3.63, 3.8) is 0 Å². The van der Waals surface area contributed by atoms with Crippen LogP contribution in [0.4, 0.5) is 18.9 Å². The van der Waals surface area contributed by atoms with Gasteiger partial charge in [0, 0.05) is 24.7 Å². The summed E-state index contributed by atoms with van der Waals surface area (Å²) < 4.78 is 54.2. The molecule has 0 amide bonds. The summed E-state index contributed by atoms with van der Waals surface area (Å²) in [7, 11) is 1.58. The molecule has 7 nitrogen and oxygen atoms in total. The monoisotopic (exact) mass is 497 g/mol. The van der Waals surface area contributed by atoms with E-state index in [1.807, 2.05) is 29.7 Å². The molecule has 2 N–H and O–H groups in total. The standard InChI is InChI=1S/C26H26F3N5O2/c1-4-25(17-7-9-20(30)19(13-17)26(27,28)29)10-5-11-34-23(32-33-24(25)34)16-6-8-18(21(12-16)35-3)22-14-31-15(2)36-22/h6-9,12-14H,4-5,10-11,30H2,1-3H3. The summed E-state index contributed by atoms with van der Waals surface area (Å²) in [6.07, 6.45) is -0.897. The molecule has 1 aliphatic rings. The molecular formula is C26H26F3N5O2. The van der Waals surface area contributed by atoms with Crippen LogP contribution in [0.3, 0.4) is 0 Å². The van der Waals surface area contributed by atoms with Gasteiger partial charge in [-0.2, -0.15) is 13.2 Å². The number of nitrogen functional groups attached to an aromatic ring is 1. The van der Waals surface area contributed by atoms with Crippen LogP contribution in [0.25, 0.3) is 22.7 Å². The van der Waals surface area contributed by atoms with Crippen LogP contribution in [0.5, 0.6) is 5.75 Å². The fraction of sp³-hybridized carbons (Fsp3) is 0.346. The fourth-order valence-electron chi connectivity index (χ4n) is 5.16. The SMILES string of the molecule is CCC1(c2ccc(N)c(C(F)(F)F)c2)CCCn2c(-c3ccc(-c4cnc(C)o4)c(OC)c3)nnc21. The first-order valence-corrected chi connectivity index (χ1v) is 11.7. The molecule has 3 heterocycles. The summed E-state index contributed by atoms with van der Waals surface area (Å²) in [6.45, 7) is 4.39. The molecule has 10 heteroatoms. The van der Waals surface area contributed by atoms with Gasteiger partial charge in [-0.3, -0.25) is 0 Å². The Morgan fingerprint density at radius 1 is 1.17 bits per heavy atom. The average Bonchev–Trinajstić information content (AvgIpc) is 3.49. The predicted molar refractivity (Wildman–Crippen MR) is 128 cm³/mol. The van der Waals surface area contributed by atoms with Crippen LogP contribution in [0, 0.1) is 6.92 Å². The second kappa shape index (κ2) is 8.69. The van der Waals surface area contributed by atoms with Gasteiger partial charge in [-0.25, -0.2) is 4.98 Å². The quantitative estimate of drug-likeness (QED) is 0.340. The van der Waals surface area contributed by atoms with Crippen molar-refractivity contribution in [2.75, 3.05) is 12.8 Å². The summed E-state index contributed by atoms with van der Waals surface area (Å²) >= 11 is 0. The molecule has 1 unspecified atom stereocenters. The van der Waals surface area contributed by atoms with E-state index < -0.39 is 17.2 Å². The highest BCUT2D eigenvalue weighted by Crippen LogP contribution is 2.46. The lowest BCUT2D eigenvalue weighted by atomic mass is 9.71. The molecule has 4 aromatic rings. The molecule has 0 aliphatic carbocycles. The zero-order chi connectivity index (χ0) is 25.7. The molecule has 0 bridgehead atoms. The molecule has 1 atom stereocenters. The maximum atomic E-state index is 13.6. The van der Waals surface area contributed by atoms with Gasteiger partial charge in [-0.1, -0.05) is 19.1 Å². The lowest BCUT2D eigenvalue weighted by molar-refractivity contribution is -0.137. The Balaban J connectivity index is 1.61. The second-order valence-corrected chi connectivity index (χ2v) is 9.00. The lowest BCUT2D eigenvalue weighted by Gasteiger charge is -2.37. The summed E-state index contributed by atoms with van der Waals surface area (Å²) in [6, 6.07) is 9.81. The van der Waals surface area contributed by atoms with Gasteiger partial charge in [0.2, 0.25) is 0 Å². The smallest absolute Gasteiger partial charge is 0.418 e. The van der Waals surface area contributed by atoms with Gasteiger partial charge in [0.15, 0.2) is 17.5 Å². The van der Waals surface area contributed by atoms with Crippen LogP contribution >= 0.6 is 0 Å². The van der Waals surface area contributed by atoms with Crippen molar-refractivity contribution in [3.8, 4) is 28.5 Å². The number of alkyl halides is 3. The first-order chi connectivity index (χ1) is 17.2. The topological polar surface area (TPSA) is 92.0 Å². The highest BCUT2D eigenvalue weighted by Gasteiger charge is 2.42. The van der Waals surface area contributed by atoms with Crippen molar-refractivity contribution in [1.82, 2.24) is 19.7 Å². The van der Waals surface area contributed by atoms with Crippen LogP contribution in [0.2, 0.25) is 0 Å². The van der Waals surface area contributed by atoms with Crippen molar-refractivity contribution in [1.29, 1.82) is 0 Å². The number of aromatic nitrogens is 4. The number of halogens is 3. The number of fused-ring (bicyclic) bond motifs is 1. The highest BCUT2D eigenvalue weighted by molar-refractivity contribution is 5.71. The van der Waals surface area contributed by atoms with Gasteiger partial charge >= 0.3 is 6.18 Å². The molecule has 1 aliphatic heterocycles. The van der Waals surface area contributed by atoms with Crippen molar-refractivity contribution < 1.29 is 22.3 Å². The molecule has 0 fully saturated rings. The van der Waals surface area contributed by atoms with Gasteiger partial charge in [-0.05, 0) is 49.1 Å². The molecule has 0 saturated carbocycles. The maximum Gasteiger partial charge on any atom is 0.418 e. The lowest BCUT2D eigenvalue weighted by Crippen LogP contribution is -2.35. The summed E-state index contributed by atoms with van der Waals surface area (Å²) in [5, 5.41) is 9.00. The van der Waals surface area contributed by atoms with Gasteiger partial charge in [0.05, 0.1) is 29.8 Å².